The summed E-state index contributed by atoms with van der Waals surface area (Å²) < 4.78 is 1.29. The molecule has 2 rings (SSSR count). The van der Waals surface area contributed by atoms with E-state index < -0.39 is 0 Å². The van der Waals surface area contributed by atoms with Crippen molar-refractivity contribution in [3.8, 4) is 0 Å². The van der Waals surface area contributed by atoms with Crippen LogP contribution in [0.4, 0.5) is 0 Å². The molecule has 1 atom stereocenters. The van der Waals surface area contributed by atoms with Gasteiger partial charge in [0.1, 0.15) is 0 Å². The van der Waals surface area contributed by atoms with Crippen LogP contribution in [-0.4, -0.2) is 0 Å². The number of nitrogens with one attached hydrogen (secondary N) is 1. The van der Waals surface area contributed by atoms with Crippen LogP contribution in [0.25, 0.3) is 0 Å². The first-order chi connectivity index (χ1) is 9.51. The Morgan fingerprint density at radius 1 is 1.10 bits per heavy atom. The summed E-state index contributed by atoms with van der Waals surface area (Å²) in [6.45, 7) is 6.41. The first-order valence-electron chi connectivity index (χ1n) is 6.79. The van der Waals surface area contributed by atoms with Gasteiger partial charge in [-0.25, -0.2) is 0 Å². The molecule has 2 nitrogen and oxygen atoms in total. The van der Waals surface area contributed by atoms with Gasteiger partial charge in [-0.3, -0.25) is 11.3 Å². The standard InChI is InChI=1S/C17H21IN2/c1-11-7-12(2)9-14(8-11)10-16(20-19)15-6-4-5-13(3)17(15)18/h4-9,16,20H,10,19H2,1-3H3. The highest BCUT2D eigenvalue weighted by Crippen LogP contribution is 2.26. The van der Waals surface area contributed by atoms with Crippen molar-refractivity contribution < 1.29 is 0 Å². The summed E-state index contributed by atoms with van der Waals surface area (Å²) in [5.74, 6) is 5.79. The van der Waals surface area contributed by atoms with Gasteiger partial charge in [0, 0.05) is 3.57 Å². The second kappa shape index (κ2) is 6.70. The fourth-order valence-electron chi connectivity index (χ4n) is 2.62. The predicted molar refractivity (Wildman–Crippen MR) is 93.6 cm³/mol. The Kier molecular flexibility index (Phi) is 5.18. The molecule has 0 saturated heterocycles. The van der Waals surface area contributed by atoms with Gasteiger partial charge in [-0.1, -0.05) is 47.5 Å². The van der Waals surface area contributed by atoms with Crippen LogP contribution in [0.5, 0.6) is 0 Å². The van der Waals surface area contributed by atoms with Gasteiger partial charge in [-0.05, 0) is 66.5 Å². The van der Waals surface area contributed by atoms with Gasteiger partial charge in [0.05, 0.1) is 6.04 Å². The van der Waals surface area contributed by atoms with Gasteiger partial charge in [0.25, 0.3) is 0 Å². The summed E-state index contributed by atoms with van der Waals surface area (Å²) in [5, 5.41) is 0. The third kappa shape index (κ3) is 3.59. The molecule has 2 aromatic rings. The Hall–Kier alpha value is -0.910. The largest absolute Gasteiger partial charge is 0.271 e. The molecule has 106 valence electrons. The minimum absolute atomic E-state index is 0.142. The lowest BCUT2D eigenvalue weighted by Gasteiger charge is -2.19. The van der Waals surface area contributed by atoms with Crippen molar-refractivity contribution in [3.05, 3.63) is 67.8 Å². The third-order valence-electron chi connectivity index (χ3n) is 3.52. The first-order valence-corrected chi connectivity index (χ1v) is 7.87. The Bertz CT molecular complexity index is 588. The van der Waals surface area contributed by atoms with Crippen molar-refractivity contribution in [3.63, 3.8) is 0 Å². The molecule has 0 radical (unpaired) electrons. The summed E-state index contributed by atoms with van der Waals surface area (Å²) in [7, 11) is 0. The summed E-state index contributed by atoms with van der Waals surface area (Å²) in [6, 6.07) is 13.2. The molecular weight excluding hydrogens is 359 g/mol. The SMILES string of the molecule is Cc1cc(C)cc(CC(NN)c2cccc(C)c2I)c1. The summed E-state index contributed by atoms with van der Waals surface area (Å²) in [6.07, 6.45) is 0.901. The highest BCUT2D eigenvalue weighted by atomic mass is 127. The van der Waals surface area contributed by atoms with E-state index in [-0.39, 0.29) is 6.04 Å². The van der Waals surface area contributed by atoms with Gasteiger partial charge in [0.2, 0.25) is 0 Å². The average Bonchev–Trinajstić information content (AvgIpc) is 2.38. The van der Waals surface area contributed by atoms with Gasteiger partial charge >= 0.3 is 0 Å². The second-order valence-electron chi connectivity index (χ2n) is 5.40. The summed E-state index contributed by atoms with van der Waals surface area (Å²) in [5.41, 5.74) is 9.46. The zero-order valence-electron chi connectivity index (χ0n) is 12.2. The molecule has 0 heterocycles. The molecule has 20 heavy (non-hydrogen) atoms. The number of benzene rings is 2. The Morgan fingerprint density at radius 2 is 1.75 bits per heavy atom. The number of aryl methyl sites for hydroxylation is 3. The predicted octanol–water partition coefficient (Wildman–Crippen LogP) is 3.96. The van der Waals surface area contributed by atoms with E-state index >= 15 is 0 Å². The number of rotatable bonds is 4. The molecular formula is C17H21IN2. The summed E-state index contributed by atoms with van der Waals surface area (Å²) in [4.78, 5) is 0. The van der Waals surface area contributed by atoms with Gasteiger partial charge in [-0.15, -0.1) is 0 Å². The molecule has 0 fully saturated rings. The molecule has 0 aliphatic rings. The van der Waals surface area contributed by atoms with Crippen molar-refractivity contribution in [1.29, 1.82) is 0 Å². The van der Waals surface area contributed by atoms with Crippen molar-refractivity contribution >= 4 is 22.6 Å². The Labute approximate surface area is 134 Å². The molecule has 0 bridgehead atoms. The van der Waals surface area contributed by atoms with E-state index in [4.69, 9.17) is 5.84 Å². The lowest BCUT2D eigenvalue weighted by molar-refractivity contribution is 0.549. The molecule has 0 amide bonds. The lowest BCUT2D eigenvalue weighted by atomic mass is 9.96. The van der Waals surface area contributed by atoms with Crippen molar-refractivity contribution in [2.45, 2.75) is 33.2 Å². The zero-order chi connectivity index (χ0) is 14.7. The number of nitrogens with two attached hydrogens (primary N) is 1. The van der Waals surface area contributed by atoms with Crippen LogP contribution in [0.2, 0.25) is 0 Å². The van der Waals surface area contributed by atoms with Crippen LogP contribution < -0.4 is 11.3 Å². The number of hydrogen-bond acceptors (Lipinski definition) is 2. The fraction of sp³-hybridized carbons (Fsp3) is 0.294. The molecule has 2 aromatic carbocycles. The lowest BCUT2D eigenvalue weighted by Crippen LogP contribution is -2.30. The van der Waals surface area contributed by atoms with Crippen LogP contribution in [-0.2, 0) is 6.42 Å². The number of hydrogen-bond donors (Lipinski definition) is 2. The molecule has 3 N–H and O–H groups in total. The molecule has 0 saturated carbocycles. The van der Waals surface area contributed by atoms with Gasteiger partial charge < -0.3 is 0 Å². The van der Waals surface area contributed by atoms with Crippen LogP contribution in [0.3, 0.4) is 0 Å². The van der Waals surface area contributed by atoms with Gasteiger partial charge in [0.15, 0.2) is 0 Å². The molecule has 0 aliphatic heterocycles. The van der Waals surface area contributed by atoms with Crippen molar-refractivity contribution in [2.75, 3.05) is 0 Å². The van der Waals surface area contributed by atoms with E-state index in [0.29, 0.717) is 0 Å². The van der Waals surface area contributed by atoms with Crippen LogP contribution >= 0.6 is 22.6 Å². The quantitative estimate of drug-likeness (QED) is 0.479. The normalized spacial score (nSPS) is 12.4. The van der Waals surface area contributed by atoms with Crippen LogP contribution in [0.15, 0.2) is 36.4 Å². The highest BCUT2D eigenvalue weighted by Gasteiger charge is 2.15. The second-order valence-corrected chi connectivity index (χ2v) is 6.48. The molecule has 0 aromatic heterocycles. The Balaban J connectivity index is 2.31. The molecule has 3 heteroatoms. The number of halogens is 1. The third-order valence-corrected chi connectivity index (χ3v) is 4.99. The molecule has 0 aliphatic carbocycles. The maximum Gasteiger partial charge on any atom is 0.0510 e. The number of hydrazine groups is 1. The maximum absolute atomic E-state index is 5.79. The maximum atomic E-state index is 5.79. The van der Waals surface area contributed by atoms with E-state index in [1.54, 1.807) is 0 Å². The van der Waals surface area contributed by atoms with E-state index in [1.165, 1.54) is 31.4 Å². The minimum Gasteiger partial charge on any atom is -0.271 e. The topological polar surface area (TPSA) is 38.0 Å². The smallest absolute Gasteiger partial charge is 0.0510 e. The van der Waals surface area contributed by atoms with Gasteiger partial charge in [-0.2, -0.15) is 0 Å². The van der Waals surface area contributed by atoms with Crippen molar-refractivity contribution in [1.82, 2.24) is 5.43 Å². The fourth-order valence-corrected chi connectivity index (χ4v) is 3.36. The summed E-state index contributed by atoms with van der Waals surface area (Å²) >= 11 is 2.40. The van der Waals surface area contributed by atoms with E-state index in [1.807, 2.05) is 0 Å². The monoisotopic (exact) mass is 380 g/mol. The van der Waals surface area contributed by atoms with Crippen LogP contribution in [0, 0.1) is 24.3 Å². The molecule has 0 spiro atoms. The van der Waals surface area contributed by atoms with E-state index in [0.717, 1.165) is 6.42 Å². The molecule has 1 unspecified atom stereocenters. The first kappa shape index (κ1) is 15.5. The Morgan fingerprint density at radius 3 is 2.35 bits per heavy atom. The van der Waals surface area contributed by atoms with Crippen LogP contribution in [0.1, 0.15) is 33.9 Å². The minimum atomic E-state index is 0.142. The zero-order valence-corrected chi connectivity index (χ0v) is 14.4. The van der Waals surface area contributed by atoms with E-state index in [2.05, 4.69) is 85.2 Å². The van der Waals surface area contributed by atoms with E-state index in [9.17, 15) is 0 Å². The van der Waals surface area contributed by atoms with Crippen molar-refractivity contribution in [2.24, 2.45) is 5.84 Å². The average molecular weight is 380 g/mol. The highest BCUT2D eigenvalue weighted by molar-refractivity contribution is 14.1.